The molecule has 0 aromatic rings. The van der Waals surface area contributed by atoms with Gasteiger partial charge in [-0.3, -0.25) is 0 Å². The summed E-state index contributed by atoms with van der Waals surface area (Å²) in [6.07, 6.45) is 16.5. The molecule has 6 rings (SSSR count). The van der Waals surface area contributed by atoms with Gasteiger partial charge in [-0.15, -0.1) is 0 Å². The molecule has 3 saturated carbocycles. The zero-order valence-electron chi connectivity index (χ0n) is 33.3. The van der Waals surface area contributed by atoms with Gasteiger partial charge in [0.05, 0.1) is 0 Å². The fraction of sp³-hybridized carbons (Fsp3) is 1.00. The van der Waals surface area contributed by atoms with Gasteiger partial charge in [-0.1, -0.05) is 68.7 Å². The molecular formula is C41H85N3. The van der Waals surface area contributed by atoms with Gasteiger partial charge in [0.1, 0.15) is 0 Å². The van der Waals surface area contributed by atoms with Crippen molar-refractivity contribution in [2.45, 2.75) is 193 Å². The lowest BCUT2D eigenvalue weighted by Gasteiger charge is -2.38. The highest BCUT2D eigenvalue weighted by Gasteiger charge is 2.48. The van der Waals surface area contributed by atoms with Gasteiger partial charge in [0.2, 0.25) is 0 Å². The van der Waals surface area contributed by atoms with Crippen molar-refractivity contribution in [3.63, 3.8) is 0 Å². The number of piperidine rings is 1. The molecule has 3 heterocycles. The molecule has 0 radical (unpaired) electrons. The highest BCUT2D eigenvalue weighted by Crippen LogP contribution is 2.54. The number of hydrogen-bond acceptors (Lipinski definition) is 3. The minimum absolute atomic E-state index is 0.770. The van der Waals surface area contributed by atoms with E-state index in [2.05, 4.69) is 119 Å². The Morgan fingerprint density at radius 1 is 0.318 bits per heavy atom. The first kappa shape index (κ1) is 41.9. The smallest absolute Gasteiger partial charge is 0.00412 e. The van der Waals surface area contributed by atoms with Gasteiger partial charge in [0.15, 0.2) is 0 Å². The molecule has 0 aromatic carbocycles. The zero-order valence-corrected chi connectivity index (χ0v) is 33.3. The zero-order chi connectivity index (χ0) is 33.7. The first-order valence-electron chi connectivity index (χ1n) is 19.6. The highest BCUT2D eigenvalue weighted by molar-refractivity contribution is 5.01. The number of hydrogen-bond donors (Lipinski definition) is 0. The summed E-state index contributed by atoms with van der Waals surface area (Å²) in [5.41, 5.74) is 2.47. The third-order valence-corrected chi connectivity index (χ3v) is 10.3. The lowest BCUT2D eigenvalue weighted by atomic mass is 9.68. The molecule has 6 aliphatic rings. The lowest BCUT2D eigenvalue weighted by molar-refractivity contribution is 0.130. The van der Waals surface area contributed by atoms with E-state index in [1.165, 1.54) is 110 Å². The Hall–Kier alpha value is -0.120. The topological polar surface area (TPSA) is 9.72 Å². The van der Waals surface area contributed by atoms with Crippen molar-refractivity contribution in [3.8, 4) is 0 Å². The van der Waals surface area contributed by atoms with Crippen molar-refractivity contribution in [1.29, 1.82) is 0 Å². The molecule has 0 atom stereocenters. The largest absolute Gasteiger partial charge is 0.301 e. The second-order valence-electron chi connectivity index (χ2n) is 18.8. The van der Waals surface area contributed by atoms with Crippen LogP contribution >= 0.6 is 0 Å². The van der Waals surface area contributed by atoms with Gasteiger partial charge < -0.3 is 14.7 Å². The third kappa shape index (κ3) is 17.2. The van der Waals surface area contributed by atoms with E-state index in [1.807, 2.05) is 0 Å². The van der Waals surface area contributed by atoms with Crippen LogP contribution in [0.5, 0.6) is 0 Å². The van der Waals surface area contributed by atoms with E-state index in [-0.39, 0.29) is 0 Å². The molecule has 3 aliphatic heterocycles. The van der Waals surface area contributed by atoms with E-state index in [0.29, 0.717) is 0 Å². The molecule has 0 N–H and O–H groups in total. The van der Waals surface area contributed by atoms with Gasteiger partial charge >= 0.3 is 0 Å². The average Bonchev–Trinajstić information content (AvgIpc) is 3.68. The SMILES string of the molecule is CC(C)C.CC(C)C.CC(C)C.CC(C)N1CCC2(CC1)CC2.CC(C)N1CCC2(CC2)C1.CC(C)N1CCC2(CCC2)C1. The van der Waals surface area contributed by atoms with E-state index in [0.717, 1.165) is 52.1 Å². The monoisotopic (exact) mass is 620 g/mol. The van der Waals surface area contributed by atoms with Crippen LogP contribution < -0.4 is 0 Å². The average molecular weight is 620 g/mol. The standard InChI is InChI=1S/2C10H19N.C9H17N.3C4H10/c1-9(2)11-7-5-10(3-4-10)6-8-11;1-9(2)11-7-6-10(8-11)4-3-5-10;1-8(2)10-6-5-9(7-10)3-4-9;3*1-4(2)3/h2*9H,3-8H2,1-2H3;8H,3-7H2,1-2H3;3*4H,1-3H3. The van der Waals surface area contributed by atoms with Gasteiger partial charge in [-0.2, -0.15) is 0 Å². The molecule has 0 amide bonds. The van der Waals surface area contributed by atoms with Crippen LogP contribution in [0.4, 0.5) is 0 Å². The van der Waals surface area contributed by atoms with Gasteiger partial charge in [0, 0.05) is 31.2 Å². The minimum atomic E-state index is 0.770. The fourth-order valence-corrected chi connectivity index (χ4v) is 6.68. The maximum absolute atomic E-state index is 2.64. The maximum atomic E-state index is 2.64. The summed E-state index contributed by atoms with van der Waals surface area (Å²) in [4.78, 5) is 7.87. The summed E-state index contributed by atoms with van der Waals surface area (Å²) in [5, 5.41) is 0. The molecule has 3 aliphatic carbocycles. The van der Waals surface area contributed by atoms with Crippen molar-refractivity contribution in [1.82, 2.24) is 14.7 Å². The molecule has 0 aromatic heterocycles. The van der Waals surface area contributed by atoms with Crippen LogP contribution in [-0.4, -0.2) is 72.1 Å². The molecular weight excluding hydrogens is 534 g/mol. The molecule has 3 saturated heterocycles. The van der Waals surface area contributed by atoms with Crippen LogP contribution in [0, 0.1) is 34.0 Å². The number of rotatable bonds is 3. The summed E-state index contributed by atoms with van der Waals surface area (Å²) in [7, 11) is 0. The third-order valence-electron chi connectivity index (χ3n) is 10.3. The summed E-state index contributed by atoms with van der Waals surface area (Å²) in [6.45, 7) is 41.6. The fourth-order valence-electron chi connectivity index (χ4n) is 6.68. The summed E-state index contributed by atoms with van der Waals surface area (Å²) in [5.74, 6) is 2.50. The molecule has 44 heavy (non-hydrogen) atoms. The van der Waals surface area contributed by atoms with E-state index in [9.17, 15) is 0 Å². The van der Waals surface area contributed by atoms with Gasteiger partial charge in [-0.25, -0.2) is 0 Å². The Labute approximate surface area is 280 Å². The van der Waals surface area contributed by atoms with E-state index < -0.39 is 0 Å². The van der Waals surface area contributed by atoms with Crippen LogP contribution in [0.3, 0.4) is 0 Å². The first-order chi connectivity index (χ1) is 20.4. The molecule has 3 nitrogen and oxygen atoms in total. The van der Waals surface area contributed by atoms with Crippen LogP contribution in [-0.2, 0) is 0 Å². The van der Waals surface area contributed by atoms with E-state index >= 15 is 0 Å². The van der Waals surface area contributed by atoms with Crippen molar-refractivity contribution in [2.75, 3.05) is 39.3 Å². The van der Waals surface area contributed by atoms with Crippen LogP contribution in [0.25, 0.3) is 0 Å². The Morgan fingerprint density at radius 2 is 0.568 bits per heavy atom. The summed E-state index contributed by atoms with van der Waals surface area (Å²) < 4.78 is 0. The molecule has 0 bridgehead atoms. The van der Waals surface area contributed by atoms with Crippen molar-refractivity contribution >= 4 is 0 Å². The molecule has 3 spiro atoms. The molecule has 0 unspecified atom stereocenters. The maximum Gasteiger partial charge on any atom is 0.00412 e. The minimum Gasteiger partial charge on any atom is -0.301 e. The van der Waals surface area contributed by atoms with Crippen molar-refractivity contribution in [2.24, 2.45) is 34.0 Å². The van der Waals surface area contributed by atoms with Gasteiger partial charge in [-0.05, 0) is 166 Å². The second-order valence-corrected chi connectivity index (χ2v) is 18.8. The number of nitrogens with zero attached hydrogens (tertiary/aromatic N) is 3. The van der Waals surface area contributed by atoms with Gasteiger partial charge in [0.25, 0.3) is 0 Å². The molecule has 6 fully saturated rings. The predicted octanol–water partition coefficient (Wildman–Crippen LogP) is 11.4. The van der Waals surface area contributed by atoms with E-state index in [4.69, 9.17) is 0 Å². The van der Waals surface area contributed by atoms with Crippen molar-refractivity contribution < 1.29 is 0 Å². The second kappa shape index (κ2) is 19.6. The van der Waals surface area contributed by atoms with Crippen LogP contribution in [0.2, 0.25) is 0 Å². The first-order valence-corrected chi connectivity index (χ1v) is 19.6. The molecule has 264 valence electrons. The van der Waals surface area contributed by atoms with E-state index in [1.54, 1.807) is 0 Å². The normalized spacial score (nSPS) is 24.2. The Balaban J connectivity index is 0.000000281. The van der Waals surface area contributed by atoms with Crippen LogP contribution in [0.15, 0.2) is 0 Å². The van der Waals surface area contributed by atoms with Crippen LogP contribution in [0.1, 0.15) is 174 Å². The van der Waals surface area contributed by atoms with Crippen molar-refractivity contribution in [3.05, 3.63) is 0 Å². The highest BCUT2D eigenvalue weighted by atomic mass is 15.2. The Morgan fingerprint density at radius 3 is 0.750 bits per heavy atom. The number of likely N-dealkylation sites (tertiary alicyclic amines) is 3. The quantitative estimate of drug-likeness (QED) is 0.311. The molecule has 3 heteroatoms. The predicted molar refractivity (Wildman–Crippen MR) is 200 cm³/mol. The lowest BCUT2D eigenvalue weighted by Crippen LogP contribution is -2.38. The Kier molecular flexibility index (Phi) is 18.7. The summed E-state index contributed by atoms with van der Waals surface area (Å²) in [6, 6.07) is 2.32. The summed E-state index contributed by atoms with van der Waals surface area (Å²) >= 11 is 0. The Bertz CT molecular complexity index is 692.